The van der Waals surface area contributed by atoms with Gasteiger partial charge < -0.3 is 10.6 Å². The van der Waals surface area contributed by atoms with Gasteiger partial charge in [-0.2, -0.15) is 0 Å². The maximum absolute atomic E-state index is 5.69. The molecular formula is C13H21N3S. The maximum atomic E-state index is 5.69. The predicted octanol–water partition coefficient (Wildman–Crippen LogP) is 2.65. The van der Waals surface area contributed by atoms with Crippen LogP contribution in [0.4, 0.5) is 5.82 Å². The van der Waals surface area contributed by atoms with E-state index in [-0.39, 0.29) is 0 Å². The average molecular weight is 251 g/mol. The Morgan fingerprint density at radius 2 is 2.12 bits per heavy atom. The zero-order valence-electron chi connectivity index (χ0n) is 11.0. The number of rotatable bonds is 5. The largest absolute Gasteiger partial charge is 0.389 e. The number of nitrogens with zero attached hydrogens (tertiary/aromatic N) is 2. The molecule has 1 heterocycles. The van der Waals surface area contributed by atoms with Crippen molar-refractivity contribution in [1.82, 2.24) is 4.98 Å². The van der Waals surface area contributed by atoms with Crippen molar-refractivity contribution in [3.63, 3.8) is 0 Å². The van der Waals surface area contributed by atoms with Gasteiger partial charge in [0.25, 0.3) is 0 Å². The lowest BCUT2D eigenvalue weighted by Crippen LogP contribution is -2.32. The van der Waals surface area contributed by atoms with E-state index in [1.165, 1.54) is 0 Å². The molecule has 17 heavy (non-hydrogen) atoms. The van der Waals surface area contributed by atoms with E-state index in [0.717, 1.165) is 30.0 Å². The summed E-state index contributed by atoms with van der Waals surface area (Å²) in [6, 6.07) is 4.32. The fourth-order valence-electron chi connectivity index (χ4n) is 1.82. The lowest BCUT2D eigenvalue weighted by Gasteiger charge is -2.28. The molecule has 0 spiro atoms. The van der Waals surface area contributed by atoms with Crippen molar-refractivity contribution in [2.24, 2.45) is 5.73 Å². The van der Waals surface area contributed by atoms with Crippen molar-refractivity contribution in [2.75, 3.05) is 11.4 Å². The summed E-state index contributed by atoms with van der Waals surface area (Å²) < 4.78 is 0. The van der Waals surface area contributed by atoms with E-state index < -0.39 is 0 Å². The number of thiocarbonyl (C=S) groups is 1. The highest BCUT2D eigenvalue weighted by Gasteiger charge is 2.12. The summed E-state index contributed by atoms with van der Waals surface area (Å²) in [7, 11) is 0. The summed E-state index contributed by atoms with van der Waals surface area (Å²) in [5, 5.41) is 0. The van der Waals surface area contributed by atoms with Crippen LogP contribution in [0.15, 0.2) is 12.1 Å². The molecule has 0 saturated heterocycles. The minimum atomic E-state index is 0.420. The number of aryl methyl sites for hydroxylation is 1. The molecule has 0 fully saturated rings. The van der Waals surface area contributed by atoms with Gasteiger partial charge in [-0.3, -0.25) is 0 Å². The van der Waals surface area contributed by atoms with Gasteiger partial charge in [-0.25, -0.2) is 4.98 Å². The van der Waals surface area contributed by atoms with Crippen LogP contribution in [-0.2, 0) is 0 Å². The molecule has 1 rings (SSSR count). The van der Waals surface area contributed by atoms with Crippen LogP contribution in [-0.4, -0.2) is 22.6 Å². The summed E-state index contributed by atoms with van der Waals surface area (Å²) >= 11 is 5.03. The van der Waals surface area contributed by atoms with Crippen molar-refractivity contribution in [3.05, 3.63) is 23.4 Å². The van der Waals surface area contributed by atoms with Crippen molar-refractivity contribution >= 4 is 23.0 Å². The highest BCUT2D eigenvalue weighted by atomic mass is 32.1. The van der Waals surface area contributed by atoms with Gasteiger partial charge in [-0.05, 0) is 39.3 Å². The van der Waals surface area contributed by atoms with Gasteiger partial charge in [0.1, 0.15) is 10.8 Å². The second-order valence-corrected chi connectivity index (χ2v) is 4.95. The first-order chi connectivity index (χ1) is 7.95. The van der Waals surface area contributed by atoms with Crippen LogP contribution in [0.25, 0.3) is 0 Å². The Labute approximate surface area is 109 Å². The minimum Gasteiger partial charge on any atom is -0.389 e. The highest BCUT2D eigenvalue weighted by molar-refractivity contribution is 7.80. The molecule has 0 radical (unpaired) electrons. The number of pyridine rings is 1. The lowest BCUT2D eigenvalue weighted by atomic mass is 10.2. The summed E-state index contributed by atoms with van der Waals surface area (Å²) in [6.07, 6.45) is 1.09. The molecule has 0 saturated carbocycles. The Balaban J connectivity index is 3.14. The van der Waals surface area contributed by atoms with Gasteiger partial charge in [0.15, 0.2) is 0 Å². The Kier molecular flexibility index (Phi) is 4.87. The van der Waals surface area contributed by atoms with Crippen molar-refractivity contribution < 1.29 is 0 Å². The summed E-state index contributed by atoms with van der Waals surface area (Å²) in [6.45, 7) is 9.46. The van der Waals surface area contributed by atoms with Crippen LogP contribution in [0.3, 0.4) is 0 Å². The lowest BCUT2D eigenvalue weighted by molar-refractivity contribution is 0.661. The van der Waals surface area contributed by atoms with Crippen LogP contribution >= 0.6 is 12.2 Å². The Hall–Kier alpha value is -1.16. The highest BCUT2D eigenvalue weighted by Crippen LogP contribution is 2.18. The molecule has 2 N–H and O–H groups in total. The van der Waals surface area contributed by atoms with E-state index >= 15 is 0 Å². The molecule has 0 aliphatic rings. The number of aromatic nitrogens is 1. The van der Waals surface area contributed by atoms with Crippen LogP contribution in [0.1, 0.15) is 38.4 Å². The summed E-state index contributed by atoms with van der Waals surface area (Å²) in [4.78, 5) is 7.27. The quantitative estimate of drug-likeness (QED) is 0.817. The molecule has 0 aromatic carbocycles. The van der Waals surface area contributed by atoms with Gasteiger partial charge in [-0.1, -0.05) is 19.1 Å². The van der Waals surface area contributed by atoms with E-state index in [0.29, 0.717) is 11.0 Å². The third kappa shape index (κ3) is 3.66. The third-order valence-electron chi connectivity index (χ3n) is 2.61. The molecule has 0 atom stereocenters. The molecule has 3 nitrogen and oxygen atoms in total. The minimum absolute atomic E-state index is 0.420. The van der Waals surface area contributed by atoms with Crippen molar-refractivity contribution in [1.29, 1.82) is 0 Å². The third-order valence-corrected chi connectivity index (χ3v) is 2.84. The average Bonchev–Trinajstić information content (AvgIpc) is 2.24. The van der Waals surface area contributed by atoms with Gasteiger partial charge in [0, 0.05) is 23.8 Å². The van der Waals surface area contributed by atoms with E-state index in [2.05, 4.69) is 30.7 Å². The van der Waals surface area contributed by atoms with Gasteiger partial charge in [0.05, 0.1) is 0 Å². The maximum Gasteiger partial charge on any atom is 0.129 e. The fourth-order valence-corrected chi connectivity index (χ4v) is 1.94. The Morgan fingerprint density at radius 1 is 1.47 bits per heavy atom. The van der Waals surface area contributed by atoms with Gasteiger partial charge in [0.2, 0.25) is 0 Å². The number of hydrogen-bond acceptors (Lipinski definition) is 3. The van der Waals surface area contributed by atoms with Crippen LogP contribution in [0.2, 0.25) is 0 Å². The number of hydrogen-bond donors (Lipinski definition) is 1. The first-order valence-corrected chi connectivity index (χ1v) is 6.41. The van der Waals surface area contributed by atoms with Gasteiger partial charge in [-0.15, -0.1) is 0 Å². The molecule has 94 valence electrons. The molecule has 0 unspecified atom stereocenters. The zero-order chi connectivity index (χ0) is 13.0. The number of nitrogens with two attached hydrogens (primary N) is 1. The monoisotopic (exact) mass is 251 g/mol. The van der Waals surface area contributed by atoms with Crippen LogP contribution in [0.5, 0.6) is 0 Å². The zero-order valence-corrected chi connectivity index (χ0v) is 11.8. The van der Waals surface area contributed by atoms with Gasteiger partial charge >= 0.3 is 0 Å². The van der Waals surface area contributed by atoms with E-state index in [4.69, 9.17) is 18.0 Å². The first-order valence-electron chi connectivity index (χ1n) is 6.00. The van der Waals surface area contributed by atoms with E-state index in [9.17, 15) is 0 Å². The van der Waals surface area contributed by atoms with E-state index in [1.54, 1.807) is 0 Å². The molecule has 0 aliphatic heterocycles. The second-order valence-electron chi connectivity index (χ2n) is 4.51. The van der Waals surface area contributed by atoms with Crippen LogP contribution < -0.4 is 10.6 Å². The second kappa shape index (κ2) is 5.96. The predicted molar refractivity (Wildman–Crippen MR) is 77.6 cm³/mol. The molecule has 0 aliphatic carbocycles. The molecule has 0 amide bonds. The molecule has 4 heteroatoms. The van der Waals surface area contributed by atoms with E-state index in [1.807, 2.05) is 19.1 Å². The molecule has 0 bridgehead atoms. The Morgan fingerprint density at radius 3 is 2.59 bits per heavy atom. The summed E-state index contributed by atoms with van der Waals surface area (Å²) in [5.74, 6) is 0.963. The summed E-state index contributed by atoms with van der Waals surface area (Å²) in [5.41, 5.74) is 7.53. The van der Waals surface area contributed by atoms with Crippen molar-refractivity contribution in [3.8, 4) is 0 Å². The van der Waals surface area contributed by atoms with Crippen LogP contribution in [0, 0.1) is 6.92 Å². The first kappa shape index (κ1) is 13.9. The van der Waals surface area contributed by atoms with Crippen molar-refractivity contribution in [2.45, 2.75) is 40.2 Å². The normalized spacial score (nSPS) is 10.6. The Bertz CT molecular complexity index is 402. The number of anilines is 1. The smallest absolute Gasteiger partial charge is 0.129 e. The standard InChI is InChI=1S/C13H21N3S/c1-5-6-16(9(2)3)12-8-11(13(14)17)7-10(4)15-12/h7-9H,5-6H2,1-4H3,(H2,14,17). The molecule has 1 aromatic rings. The topological polar surface area (TPSA) is 42.1 Å². The fraction of sp³-hybridized carbons (Fsp3) is 0.538. The molecular weight excluding hydrogens is 230 g/mol. The SMILES string of the molecule is CCCN(c1cc(C(N)=S)cc(C)n1)C(C)C. The molecule has 1 aromatic heterocycles.